The van der Waals surface area contributed by atoms with Crippen LogP contribution >= 0.6 is 22.9 Å². The van der Waals surface area contributed by atoms with E-state index in [1.54, 1.807) is 35.6 Å². The van der Waals surface area contributed by atoms with E-state index in [0.717, 1.165) is 36.4 Å². The Labute approximate surface area is 174 Å². The zero-order valence-corrected chi connectivity index (χ0v) is 17.4. The summed E-state index contributed by atoms with van der Waals surface area (Å²) in [5.41, 5.74) is 1.41. The van der Waals surface area contributed by atoms with Crippen molar-refractivity contribution in [2.75, 3.05) is 0 Å². The summed E-state index contributed by atoms with van der Waals surface area (Å²) < 4.78 is 0. The molecule has 1 saturated heterocycles. The lowest BCUT2D eigenvalue weighted by Gasteiger charge is -2.33. The second-order valence-electron chi connectivity index (χ2n) is 7.66. The molecule has 1 aliphatic heterocycles. The number of nitrogens with zero attached hydrogens (tertiary/aromatic N) is 2. The normalized spacial score (nSPS) is 24.1. The number of aryl methyl sites for hydroxylation is 1. The van der Waals surface area contributed by atoms with Gasteiger partial charge in [0.05, 0.1) is 17.2 Å². The number of halogens is 1. The third-order valence-electron chi connectivity index (χ3n) is 5.81. The number of fused-ring (bicyclic) bond motifs is 1. The maximum atomic E-state index is 13.3. The summed E-state index contributed by atoms with van der Waals surface area (Å²) in [6, 6.07) is 6.71. The summed E-state index contributed by atoms with van der Waals surface area (Å²) in [5, 5.41) is 6.47. The Kier molecular flexibility index (Phi) is 5.69. The van der Waals surface area contributed by atoms with Crippen molar-refractivity contribution in [3.63, 3.8) is 0 Å². The first kappa shape index (κ1) is 19.4. The highest BCUT2D eigenvalue weighted by atomic mass is 35.5. The third-order valence-corrected chi connectivity index (χ3v) is 6.86. The molecular weight excluding hydrogens is 394 g/mol. The van der Waals surface area contributed by atoms with Crippen molar-refractivity contribution >= 4 is 34.8 Å². The molecule has 0 spiro atoms. The Morgan fingerprint density at radius 3 is 2.89 bits per heavy atom. The number of hydrogen-bond acceptors (Lipinski definition) is 4. The molecule has 4 rings (SSSR count). The standard InChI is InChI=1S/C21H24ClN3O2S/c1-13-24-17(12-28-13)11-23-20(26)19-10-14-5-2-3-8-18(14)25(19)21(27)15-6-4-7-16(22)9-15/h4,6-7,9,12,14,18-19H,2-3,5,8,10-11H2,1H3,(H,23,26)/t14-,18+,19+/m1/s1. The molecule has 1 saturated carbocycles. The molecule has 1 aliphatic carbocycles. The number of benzene rings is 1. The maximum Gasteiger partial charge on any atom is 0.254 e. The number of nitrogens with one attached hydrogen (secondary N) is 1. The minimum absolute atomic E-state index is 0.0876. The predicted molar refractivity (Wildman–Crippen MR) is 110 cm³/mol. The number of thiazole rings is 1. The molecule has 0 unspecified atom stereocenters. The van der Waals surface area contributed by atoms with Crippen molar-refractivity contribution in [1.82, 2.24) is 15.2 Å². The smallest absolute Gasteiger partial charge is 0.254 e. The molecule has 28 heavy (non-hydrogen) atoms. The Hall–Kier alpha value is -1.92. The Morgan fingerprint density at radius 1 is 1.32 bits per heavy atom. The van der Waals surface area contributed by atoms with Crippen molar-refractivity contribution < 1.29 is 9.59 Å². The molecule has 0 bridgehead atoms. The molecule has 7 heteroatoms. The highest BCUT2D eigenvalue weighted by Crippen LogP contribution is 2.40. The van der Waals surface area contributed by atoms with Gasteiger partial charge in [-0.05, 0) is 50.3 Å². The average Bonchev–Trinajstić information content (AvgIpc) is 3.29. The van der Waals surface area contributed by atoms with Crippen LogP contribution in [0.3, 0.4) is 0 Å². The van der Waals surface area contributed by atoms with Crippen LogP contribution in [0.2, 0.25) is 5.02 Å². The maximum absolute atomic E-state index is 13.3. The third kappa shape index (κ3) is 3.94. The Balaban J connectivity index is 1.54. The summed E-state index contributed by atoms with van der Waals surface area (Å²) >= 11 is 7.66. The van der Waals surface area contributed by atoms with E-state index in [9.17, 15) is 9.59 Å². The van der Waals surface area contributed by atoms with Gasteiger partial charge in [-0.2, -0.15) is 0 Å². The molecule has 5 nitrogen and oxygen atoms in total. The molecular formula is C21H24ClN3O2S. The van der Waals surface area contributed by atoms with Crippen LogP contribution in [0.25, 0.3) is 0 Å². The number of likely N-dealkylation sites (tertiary alicyclic amines) is 1. The Bertz CT molecular complexity index is 884. The fraction of sp³-hybridized carbons (Fsp3) is 0.476. The molecule has 2 amide bonds. The van der Waals surface area contributed by atoms with E-state index in [2.05, 4.69) is 10.3 Å². The lowest BCUT2D eigenvalue weighted by atomic mass is 9.84. The molecule has 0 radical (unpaired) electrons. The number of carbonyl (C=O) groups excluding carboxylic acids is 2. The van der Waals surface area contributed by atoms with Crippen molar-refractivity contribution in [2.45, 2.75) is 57.7 Å². The van der Waals surface area contributed by atoms with Gasteiger partial charge < -0.3 is 10.2 Å². The fourth-order valence-corrected chi connectivity index (χ4v) is 5.34. The summed E-state index contributed by atoms with van der Waals surface area (Å²) in [6.07, 6.45) is 5.06. The lowest BCUT2D eigenvalue weighted by Crippen LogP contribution is -2.49. The second-order valence-corrected chi connectivity index (χ2v) is 9.16. The quantitative estimate of drug-likeness (QED) is 0.811. The first-order valence-electron chi connectivity index (χ1n) is 9.80. The van der Waals surface area contributed by atoms with Crippen LogP contribution in [-0.2, 0) is 11.3 Å². The van der Waals surface area contributed by atoms with Gasteiger partial charge >= 0.3 is 0 Å². The number of aromatic nitrogens is 1. The minimum Gasteiger partial charge on any atom is -0.349 e. The molecule has 2 fully saturated rings. The van der Waals surface area contributed by atoms with Gasteiger partial charge in [-0.15, -0.1) is 11.3 Å². The van der Waals surface area contributed by atoms with E-state index >= 15 is 0 Å². The number of rotatable bonds is 4. The zero-order valence-electron chi connectivity index (χ0n) is 15.9. The predicted octanol–water partition coefficient (Wildman–Crippen LogP) is 4.19. The van der Waals surface area contributed by atoms with Crippen LogP contribution in [0.5, 0.6) is 0 Å². The zero-order chi connectivity index (χ0) is 19.7. The van der Waals surface area contributed by atoms with Crippen LogP contribution in [-0.4, -0.2) is 33.8 Å². The molecule has 1 aromatic carbocycles. The van der Waals surface area contributed by atoms with Gasteiger partial charge in [0.2, 0.25) is 5.91 Å². The van der Waals surface area contributed by atoms with Gasteiger partial charge in [0.25, 0.3) is 5.91 Å². The van der Waals surface area contributed by atoms with E-state index in [0.29, 0.717) is 23.0 Å². The first-order chi connectivity index (χ1) is 13.5. The lowest BCUT2D eigenvalue weighted by molar-refractivity contribution is -0.125. The largest absolute Gasteiger partial charge is 0.349 e. The number of amides is 2. The van der Waals surface area contributed by atoms with Gasteiger partial charge in [0, 0.05) is 22.0 Å². The number of carbonyl (C=O) groups is 2. The summed E-state index contributed by atoms with van der Waals surface area (Å²) in [7, 11) is 0. The van der Waals surface area contributed by atoms with Crippen molar-refractivity contribution in [3.05, 3.63) is 50.9 Å². The van der Waals surface area contributed by atoms with E-state index in [4.69, 9.17) is 11.6 Å². The topological polar surface area (TPSA) is 62.3 Å². The summed E-state index contributed by atoms with van der Waals surface area (Å²) in [4.78, 5) is 32.6. The second kappa shape index (κ2) is 8.21. The van der Waals surface area contributed by atoms with Crippen molar-refractivity contribution in [2.24, 2.45) is 5.92 Å². The van der Waals surface area contributed by atoms with E-state index < -0.39 is 6.04 Å². The fourth-order valence-electron chi connectivity index (χ4n) is 4.54. The van der Waals surface area contributed by atoms with E-state index in [-0.39, 0.29) is 17.9 Å². The average molecular weight is 418 g/mol. The molecule has 2 heterocycles. The molecule has 1 aromatic heterocycles. The first-order valence-corrected chi connectivity index (χ1v) is 11.1. The van der Waals surface area contributed by atoms with Crippen LogP contribution < -0.4 is 5.32 Å². The van der Waals surface area contributed by atoms with E-state index in [1.165, 1.54) is 6.42 Å². The summed E-state index contributed by atoms with van der Waals surface area (Å²) in [5.74, 6) is 0.214. The van der Waals surface area contributed by atoms with Gasteiger partial charge in [-0.25, -0.2) is 4.98 Å². The molecule has 2 aromatic rings. The number of hydrogen-bond donors (Lipinski definition) is 1. The van der Waals surface area contributed by atoms with Gasteiger partial charge in [0.1, 0.15) is 6.04 Å². The van der Waals surface area contributed by atoms with Crippen molar-refractivity contribution in [3.8, 4) is 0 Å². The van der Waals surface area contributed by atoms with Gasteiger partial charge in [-0.3, -0.25) is 9.59 Å². The van der Waals surface area contributed by atoms with Crippen molar-refractivity contribution in [1.29, 1.82) is 0 Å². The Morgan fingerprint density at radius 2 is 2.14 bits per heavy atom. The molecule has 2 aliphatic rings. The molecule has 148 valence electrons. The SMILES string of the molecule is Cc1nc(CNC(=O)[C@@H]2C[C@H]3CCCC[C@@H]3N2C(=O)c2cccc(Cl)c2)cs1. The van der Waals surface area contributed by atoms with Gasteiger partial charge in [0.15, 0.2) is 0 Å². The van der Waals surface area contributed by atoms with Crippen LogP contribution in [0, 0.1) is 12.8 Å². The highest BCUT2D eigenvalue weighted by Gasteiger charge is 2.47. The van der Waals surface area contributed by atoms with E-state index in [1.807, 2.05) is 17.2 Å². The van der Waals surface area contributed by atoms with Crippen LogP contribution in [0.4, 0.5) is 0 Å². The highest BCUT2D eigenvalue weighted by molar-refractivity contribution is 7.09. The monoisotopic (exact) mass is 417 g/mol. The van der Waals surface area contributed by atoms with Crippen LogP contribution in [0.1, 0.15) is 53.2 Å². The van der Waals surface area contributed by atoms with Crippen LogP contribution in [0.15, 0.2) is 29.6 Å². The summed E-state index contributed by atoms with van der Waals surface area (Å²) in [6.45, 7) is 2.34. The van der Waals surface area contributed by atoms with Gasteiger partial charge in [-0.1, -0.05) is 30.5 Å². The molecule has 3 atom stereocenters. The minimum atomic E-state index is -0.431. The molecule has 1 N–H and O–H groups in total.